The summed E-state index contributed by atoms with van der Waals surface area (Å²) in [6.45, 7) is 6.35. The van der Waals surface area contributed by atoms with Gasteiger partial charge in [0.1, 0.15) is 6.54 Å². The van der Waals surface area contributed by atoms with Crippen molar-refractivity contribution in [2.75, 3.05) is 25.5 Å². The molecule has 166 valence electrons. The number of amides is 4. The lowest BCUT2D eigenvalue weighted by atomic mass is 9.95. The third kappa shape index (κ3) is 4.10. The number of urea groups is 1. The molecule has 2 aliphatic heterocycles. The molecular weight excluding hydrogens is 404 g/mol. The molecule has 1 atom stereocenters. The molecule has 2 aliphatic rings. The second-order valence-electron chi connectivity index (χ2n) is 8.70. The monoisotopic (exact) mass is 432 g/mol. The van der Waals surface area contributed by atoms with E-state index in [-0.39, 0.29) is 30.9 Å². The zero-order chi connectivity index (χ0) is 23.0. The van der Waals surface area contributed by atoms with Crippen LogP contribution in [0.3, 0.4) is 0 Å². The Morgan fingerprint density at radius 1 is 1.09 bits per heavy atom. The van der Waals surface area contributed by atoms with E-state index < -0.39 is 6.04 Å². The lowest BCUT2D eigenvalue weighted by Crippen LogP contribution is -2.45. The first-order valence-electron chi connectivity index (χ1n) is 10.8. The van der Waals surface area contributed by atoms with Crippen molar-refractivity contribution in [1.29, 1.82) is 0 Å². The van der Waals surface area contributed by atoms with Gasteiger partial charge >= 0.3 is 6.03 Å². The molecule has 4 rings (SSSR count). The van der Waals surface area contributed by atoms with Crippen LogP contribution < -0.4 is 10.6 Å². The van der Waals surface area contributed by atoms with Crippen LogP contribution in [0.4, 0.5) is 10.5 Å². The predicted molar refractivity (Wildman–Crippen MR) is 123 cm³/mol. The Labute approximate surface area is 188 Å². The molecular formula is C25H28N4O3. The van der Waals surface area contributed by atoms with E-state index in [9.17, 15) is 14.4 Å². The number of aryl methyl sites for hydroxylation is 1. The summed E-state index contributed by atoms with van der Waals surface area (Å²) in [6, 6.07) is 14.7. The summed E-state index contributed by atoms with van der Waals surface area (Å²) in [5.74, 6) is -0.0961. The van der Waals surface area contributed by atoms with Crippen LogP contribution in [-0.2, 0) is 9.59 Å². The number of likely N-dealkylation sites (N-methyl/N-ethyl adjacent to an activating group) is 1. The quantitative estimate of drug-likeness (QED) is 0.758. The first kappa shape index (κ1) is 21.6. The van der Waals surface area contributed by atoms with Gasteiger partial charge in [0.15, 0.2) is 0 Å². The Morgan fingerprint density at radius 3 is 2.38 bits per heavy atom. The maximum Gasteiger partial charge on any atom is 0.322 e. The first-order valence-corrected chi connectivity index (χ1v) is 10.8. The van der Waals surface area contributed by atoms with E-state index in [1.165, 1.54) is 15.4 Å². The van der Waals surface area contributed by atoms with Crippen LogP contribution in [0.1, 0.15) is 42.5 Å². The lowest BCUT2D eigenvalue weighted by Gasteiger charge is -2.31. The fourth-order valence-electron chi connectivity index (χ4n) is 4.09. The van der Waals surface area contributed by atoms with Gasteiger partial charge in [0.2, 0.25) is 5.91 Å². The van der Waals surface area contributed by atoms with Crippen molar-refractivity contribution >= 4 is 23.5 Å². The number of nitrogens with one attached hydrogen (secondary N) is 2. The largest absolute Gasteiger partial charge is 0.327 e. The molecule has 2 N–H and O–H groups in total. The Bertz CT molecular complexity index is 1090. The van der Waals surface area contributed by atoms with E-state index in [2.05, 4.69) is 24.5 Å². The number of hydrogen-bond acceptors (Lipinski definition) is 3. The van der Waals surface area contributed by atoms with Crippen molar-refractivity contribution in [3.8, 4) is 0 Å². The molecule has 2 aromatic rings. The number of carbonyl (C=O) groups excluding carboxylic acids is 3. The van der Waals surface area contributed by atoms with Gasteiger partial charge in [-0.1, -0.05) is 55.8 Å². The standard InChI is InChI=1S/C25H28N4O3/c1-15(2)17-9-11-19(12-10-17)26-21(30)14-29-13-20-22(24(29)31)23(27-25(32)28(20)4)18-7-5-16(3)6-8-18/h5-12,15,23H,13-14H2,1-4H3,(H,26,30)(H,27,32). The van der Waals surface area contributed by atoms with Crippen LogP contribution in [0.2, 0.25) is 0 Å². The van der Waals surface area contributed by atoms with Gasteiger partial charge in [-0.2, -0.15) is 0 Å². The second kappa shape index (κ2) is 8.49. The zero-order valence-corrected chi connectivity index (χ0v) is 18.8. The average molecular weight is 433 g/mol. The molecule has 2 aromatic carbocycles. The summed E-state index contributed by atoms with van der Waals surface area (Å²) in [6.07, 6.45) is 0. The van der Waals surface area contributed by atoms with E-state index in [1.807, 2.05) is 55.5 Å². The molecule has 0 bridgehead atoms. The maximum absolute atomic E-state index is 13.3. The third-order valence-electron chi connectivity index (χ3n) is 6.04. The van der Waals surface area contributed by atoms with E-state index in [0.29, 0.717) is 22.9 Å². The van der Waals surface area contributed by atoms with Crippen molar-refractivity contribution in [2.24, 2.45) is 0 Å². The fourth-order valence-corrected chi connectivity index (χ4v) is 4.09. The van der Waals surface area contributed by atoms with E-state index in [0.717, 1.165) is 11.1 Å². The van der Waals surface area contributed by atoms with Crippen molar-refractivity contribution < 1.29 is 14.4 Å². The summed E-state index contributed by atoms with van der Waals surface area (Å²) in [4.78, 5) is 41.4. The van der Waals surface area contributed by atoms with Gasteiger partial charge in [0.25, 0.3) is 5.91 Å². The number of anilines is 1. The fraction of sp³-hybridized carbons (Fsp3) is 0.320. The normalized spacial score (nSPS) is 18.2. The highest BCUT2D eigenvalue weighted by atomic mass is 16.2. The molecule has 2 heterocycles. The number of carbonyl (C=O) groups is 3. The molecule has 7 nitrogen and oxygen atoms in total. The molecule has 32 heavy (non-hydrogen) atoms. The summed E-state index contributed by atoms with van der Waals surface area (Å²) < 4.78 is 0. The topological polar surface area (TPSA) is 81.8 Å². The smallest absolute Gasteiger partial charge is 0.322 e. The van der Waals surface area contributed by atoms with Crippen molar-refractivity contribution in [2.45, 2.75) is 32.7 Å². The Morgan fingerprint density at radius 2 is 1.75 bits per heavy atom. The summed E-state index contributed by atoms with van der Waals surface area (Å²) in [7, 11) is 1.64. The number of hydrogen-bond donors (Lipinski definition) is 2. The molecule has 4 amide bonds. The maximum atomic E-state index is 13.3. The van der Waals surface area contributed by atoms with E-state index in [4.69, 9.17) is 0 Å². The number of rotatable bonds is 5. The summed E-state index contributed by atoms with van der Waals surface area (Å²) in [5, 5.41) is 5.77. The lowest BCUT2D eigenvalue weighted by molar-refractivity contribution is -0.130. The van der Waals surface area contributed by atoms with Crippen molar-refractivity contribution in [1.82, 2.24) is 15.1 Å². The third-order valence-corrected chi connectivity index (χ3v) is 6.04. The summed E-state index contributed by atoms with van der Waals surface area (Å²) >= 11 is 0. The van der Waals surface area contributed by atoms with Crippen LogP contribution in [0.15, 0.2) is 59.8 Å². The minimum atomic E-state index is -0.529. The highest BCUT2D eigenvalue weighted by Gasteiger charge is 2.43. The van der Waals surface area contributed by atoms with Crippen LogP contribution in [0.5, 0.6) is 0 Å². The van der Waals surface area contributed by atoms with Gasteiger partial charge in [0, 0.05) is 12.7 Å². The predicted octanol–water partition coefficient (Wildman–Crippen LogP) is 3.55. The molecule has 0 saturated carbocycles. The Hall–Kier alpha value is -3.61. The molecule has 0 saturated heterocycles. The highest BCUT2D eigenvalue weighted by molar-refractivity contribution is 6.04. The minimum absolute atomic E-state index is 0.0829. The first-order chi connectivity index (χ1) is 15.2. The van der Waals surface area contributed by atoms with Gasteiger partial charge in [-0.15, -0.1) is 0 Å². The van der Waals surface area contributed by atoms with Gasteiger partial charge in [-0.25, -0.2) is 4.79 Å². The summed E-state index contributed by atoms with van der Waals surface area (Å²) in [5.41, 5.74) is 4.98. The molecule has 0 aromatic heterocycles. The van der Waals surface area contributed by atoms with Crippen molar-refractivity contribution in [3.05, 3.63) is 76.5 Å². The number of nitrogens with zero attached hydrogens (tertiary/aromatic N) is 2. The minimum Gasteiger partial charge on any atom is -0.327 e. The molecule has 0 radical (unpaired) electrons. The van der Waals surface area contributed by atoms with Gasteiger partial charge in [-0.05, 0) is 36.1 Å². The van der Waals surface area contributed by atoms with Crippen LogP contribution in [0.25, 0.3) is 0 Å². The van der Waals surface area contributed by atoms with E-state index in [1.54, 1.807) is 7.05 Å². The van der Waals surface area contributed by atoms with Gasteiger partial charge in [-0.3, -0.25) is 14.5 Å². The Kier molecular flexibility index (Phi) is 5.74. The van der Waals surface area contributed by atoms with Crippen LogP contribution >= 0.6 is 0 Å². The second-order valence-corrected chi connectivity index (χ2v) is 8.70. The zero-order valence-electron chi connectivity index (χ0n) is 18.8. The van der Waals surface area contributed by atoms with Crippen LogP contribution in [-0.4, -0.2) is 47.8 Å². The van der Waals surface area contributed by atoms with Gasteiger partial charge < -0.3 is 15.5 Å². The molecule has 0 fully saturated rings. The molecule has 0 aliphatic carbocycles. The van der Waals surface area contributed by atoms with Crippen LogP contribution in [0, 0.1) is 6.92 Å². The number of benzene rings is 2. The van der Waals surface area contributed by atoms with Gasteiger partial charge in [0.05, 0.1) is 23.9 Å². The molecule has 7 heteroatoms. The molecule has 0 spiro atoms. The van der Waals surface area contributed by atoms with Crippen molar-refractivity contribution in [3.63, 3.8) is 0 Å². The average Bonchev–Trinajstić information content (AvgIpc) is 3.08. The van der Waals surface area contributed by atoms with E-state index >= 15 is 0 Å². The molecule has 1 unspecified atom stereocenters. The SMILES string of the molecule is Cc1ccc(C2NC(=O)N(C)C3=C2C(=O)N(CC(=O)Nc2ccc(C(C)C)cc2)C3)cc1. The Balaban J connectivity index is 1.50. The highest BCUT2D eigenvalue weighted by Crippen LogP contribution is 2.35.